The molecule has 0 spiro atoms. The Morgan fingerprint density at radius 3 is 2.60 bits per heavy atom. The number of carbonyl (C=O) groups is 1. The minimum absolute atomic E-state index is 0.130. The number of rotatable bonds is 6. The van der Waals surface area contributed by atoms with Crippen LogP contribution in [0, 0.1) is 5.41 Å². The van der Waals surface area contributed by atoms with Crippen molar-refractivity contribution < 1.29 is 4.79 Å². The lowest BCUT2D eigenvalue weighted by Gasteiger charge is -2.35. The maximum atomic E-state index is 12.7. The fraction of sp³-hybridized carbons (Fsp3) is 0.938. The first-order valence-electron chi connectivity index (χ1n) is 8.44. The molecule has 0 aromatic rings. The first-order chi connectivity index (χ1) is 9.70. The fourth-order valence-corrected chi connectivity index (χ4v) is 3.70. The Hall–Kier alpha value is -0.610. The minimum atomic E-state index is -0.130. The van der Waals surface area contributed by atoms with Crippen molar-refractivity contribution >= 4 is 5.91 Å². The number of carbonyl (C=O) groups excluding carboxylic acids is 1. The third-order valence-electron chi connectivity index (χ3n) is 4.92. The monoisotopic (exact) mass is 281 g/mol. The molecule has 116 valence electrons. The molecule has 4 nitrogen and oxygen atoms in total. The van der Waals surface area contributed by atoms with E-state index in [0.717, 1.165) is 58.3 Å². The molecule has 2 rings (SSSR count). The molecule has 2 aliphatic rings. The summed E-state index contributed by atoms with van der Waals surface area (Å²) in [6.45, 7) is 9.73. The average Bonchev–Trinajstić information content (AvgIpc) is 2.92. The van der Waals surface area contributed by atoms with Gasteiger partial charge in [0.15, 0.2) is 0 Å². The number of piperidine rings is 1. The van der Waals surface area contributed by atoms with Crippen LogP contribution >= 0.6 is 0 Å². The summed E-state index contributed by atoms with van der Waals surface area (Å²) in [5.74, 6) is 0.304. The summed E-state index contributed by atoms with van der Waals surface area (Å²) in [6.07, 6.45) is 6.55. The Bertz CT molecular complexity index is 305. The topological polar surface area (TPSA) is 44.4 Å². The van der Waals surface area contributed by atoms with Crippen molar-refractivity contribution in [2.24, 2.45) is 5.41 Å². The molecular formula is C16H31N3O. The minimum Gasteiger partial charge on any atom is -0.353 e. The Morgan fingerprint density at radius 2 is 2.05 bits per heavy atom. The van der Waals surface area contributed by atoms with Crippen LogP contribution in [-0.2, 0) is 4.79 Å². The number of hydrogen-bond acceptors (Lipinski definition) is 3. The summed E-state index contributed by atoms with van der Waals surface area (Å²) >= 11 is 0. The Balaban J connectivity index is 1.82. The van der Waals surface area contributed by atoms with Crippen LogP contribution < -0.4 is 10.6 Å². The summed E-state index contributed by atoms with van der Waals surface area (Å²) in [5, 5.41) is 6.71. The van der Waals surface area contributed by atoms with Crippen molar-refractivity contribution in [2.75, 3.05) is 32.7 Å². The Labute approximate surface area is 123 Å². The predicted molar refractivity (Wildman–Crippen MR) is 82.7 cm³/mol. The first-order valence-corrected chi connectivity index (χ1v) is 8.44. The maximum absolute atomic E-state index is 12.7. The van der Waals surface area contributed by atoms with E-state index in [1.54, 1.807) is 0 Å². The normalized spacial score (nSPS) is 28.7. The van der Waals surface area contributed by atoms with Crippen LogP contribution in [0.5, 0.6) is 0 Å². The van der Waals surface area contributed by atoms with E-state index in [1.807, 2.05) is 0 Å². The van der Waals surface area contributed by atoms with Crippen molar-refractivity contribution in [1.82, 2.24) is 15.5 Å². The lowest BCUT2D eigenvalue weighted by atomic mass is 9.81. The first kappa shape index (κ1) is 15.8. The van der Waals surface area contributed by atoms with Crippen LogP contribution in [0.2, 0.25) is 0 Å². The molecule has 0 aliphatic carbocycles. The van der Waals surface area contributed by atoms with E-state index in [9.17, 15) is 4.79 Å². The van der Waals surface area contributed by atoms with Gasteiger partial charge in [0.05, 0.1) is 5.41 Å². The highest BCUT2D eigenvalue weighted by atomic mass is 16.2. The SMILES string of the molecule is CCCN1CCC(NC(=O)C2(CCC)CCNC2)CC1. The van der Waals surface area contributed by atoms with E-state index >= 15 is 0 Å². The molecule has 0 aromatic carbocycles. The average molecular weight is 281 g/mol. The van der Waals surface area contributed by atoms with Gasteiger partial charge in [0.25, 0.3) is 0 Å². The van der Waals surface area contributed by atoms with Crippen molar-refractivity contribution in [3.8, 4) is 0 Å². The van der Waals surface area contributed by atoms with Gasteiger partial charge >= 0.3 is 0 Å². The highest BCUT2D eigenvalue weighted by molar-refractivity contribution is 5.83. The van der Waals surface area contributed by atoms with Crippen molar-refractivity contribution in [2.45, 2.75) is 58.4 Å². The van der Waals surface area contributed by atoms with Gasteiger partial charge in [-0.3, -0.25) is 4.79 Å². The molecule has 2 saturated heterocycles. The fourth-order valence-electron chi connectivity index (χ4n) is 3.70. The Morgan fingerprint density at radius 1 is 1.30 bits per heavy atom. The van der Waals surface area contributed by atoms with Crippen molar-refractivity contribution in [3.05, 3.63) is 0 Å². The number of likely N-dealkylation sites (tertiary alicyclic amines) is 1. The third-order valence-corrected chi connectivity index (χ3v) is 4.92. The van der Waals surface area contributed by atoms with Gasteiger partial charge in [0.1, 0.15) is 0 Å². The zero-order valence-electron chi connectivity index (χ0n) is 13.2. The van der Waals surface area contributed by atoms with Crippen LogP contribution in [0.4, 0.5) is 0 Å². The second kappa shape index (κ2) is 7.41. The van der Waals surface area contributed by atoms with Gasteiger partial charge in [-0.05, 0) is 45.2 Å². The zero-order chi connectivity index (χ0) is 14.4. The third kappa shape index (κ3) is 3.73. The van der Waals surface area contributed by atoms with E-state index in [2.05, 4.69) is 29.4 Å². The number of hydrogen-bond donors (Lipinski definition) is 2. The standard InChI is InChI=1S/C16H31N3O/c1-3-7-16(8-9-17-13-16)15(20)18-14-5-11-19(10-4-2)12-6-14/h14,17H,3-13H2,1-2H3,(H,18,20). The summed E-state index contributed by atoms with van der Waals surface area (Å²) in [7, 11) is 0. The van der Waals surface area contributed by atoms with Crippen LogP contribution in [0.3, 0.4) is 0 Å². The van der Waals surface area contributed by atoms with E-state index in [0.29, 0.717) is 11.9 Å². The van der Waals surface area contributed by atoms with Gasteiger partial charge in [0.2, 0.25) is 5.91 Å². The second-order valence-electron chi connectivity index (χ2n) is 6.55. The van der Waals surface area contributed by atoms with Crippen molar-refractivity contribution in [1.29, 1.82) is 0 Å². The largest absolute Gasteiger partial charge is 0.353 e. The van der Waals surface area contributed by atoms with Gasteiger partial charge in [0, 0.05) is 25.7 Å². The van der Waals surface area contributed by atoms with Gasteiger partial charge in [-0.2, -0.15) is 0 Å². The van der Waals surface area contributed by atoms with Crippen LogP contribution in [0.15, 0.2) is 0 Å². The maximum Gasteiger partial charge on any atom is 0.227 e. The molecule has 2 heterocycles. The van der Waals surface area contributed by atoms with Crippen molar-refractivity contribution in [3.63, 3.8) is 0 Å². The lowest BCUT2D eigenvalue weighted by molar-refractivity contribution is -0.131. The lowest BCUT2D eigenvalue weighted by Crippen LogP contribution is -2.50. The number of nitrogens with zero attached hydrogens (tertiary/aromatic N) is 1. The van der Waals surface area contributed by atoms with Gasteiger partial charge in [-0.1, -0.05) is 20.3 Å². The molecule has 1 amide bonds. The molecule has 1 atom stereocenters. The molecule has 2 fully saturated rings. The Kier molecular flexibility index (Phi) is 5.85. The van der Waals surface area contributed by atoms with Crippen LogP contribution in [-0.4, -0.2) is 49.6 Å². The molecule has 4 heteroatoms. The number of amides is 1. The summed E-state index contributed by atoms with van der Waals surface area (Å²) in [5.41, 5.74) is -0.130. The smallest absolute Gasteiger partial charge is 0.227 e. The van der Waals surface area contributed by atoms with E-state index in [4.69, 9.17) is 0 Å². The molecular weight excluding hydrogens is 250 g/mol. The molecule has 0 aromatic heterocycles. The second-order valence-corrected chi connectivity index (χ2v) is 6.55. The van der Waals surface area contributed by atoms with Gasteiger partial charge in [-0.25, -0.2) is 0 Å². The van der Waals surface area contributed by atoms with Crippen LogP contribution in [0.1, 0.15) is 52.4 Å². The van der Waals surface area contributed by atoms with Gasteiger partial charge < -0.3 is 15.5 Å². The van der Waals surface area contributed by atoms with E-state index in [-0.39, 0.29) is 5.41 Å². The number of nitrogens with one attached hydrogen (secondary N) is 2. The molecule has 0 radical (unpaired) electrons. The summed E-state index contributed by atoms with van der Waals surface area (Å²) < 4.78 is 0. The highest BCUT2D eigenvalue weighted by Crippen LogP contribution is 2.31. The summed E-state index contributed by atoms with van der Waals surface area (Å²) in [6, 6.07) is 0.393. The van der Waals surface area contributed by atoms with Crippen LogP contribution in [0.25, 0.3) is 0 Å². The predicted octanol–water partition coefficient (Wildman–Crippen LogP) is 1.76. The van der Waals surface area contributed by atoms with Gasteiger partial charge in [-0.15, -0.1) is 0 Å². The molecule has 20 heavy (non-hydrogen) atoms. The molecule has 0 bridgehead atoms. The quantitative estimate of drug-likeness (QED) is 0.780. The summed E-state index contributed by atoms with van der Waals surface area (Å²) in [4.78, 5) is 15.2. The molecule has 0 saturated carbocycles. The molecule has 2 aliphatic heterocycles. The zero-order valence-corrected chi connectivity index (χ0v) is 13.2. The highest BCUT2D eigenvalue weighted by Gasteiger charge is 2.41. The van der Waals surface area contributed by atoms with E-state index < -0.39 is 0 Å². The molecule has 1 unspecified atom stereocenters. The van der Waals surface area contributed by atoms with E-state index in [1.165, 1.54) is 13.0 Å². The molecule has 2 N–H and O–H groups in total.